The number of halogens is 1. The van der Waals surface area contributed by atoms with Crippen LogP contribution in [0.5, 0.6) is 0 Å². The fourth-order valence-corrected chi connectivity index (χ4v) is 5.26. The minimum Gasteiger partial charge on any atom is -0.362 e. The van der Waals surface area contributed by atoms with E-state index < -0.39 is 0 Å². The summed E-state index contributed by atoms with van der Waals surface area (Å²) in [5.41, 5.74) is 3.39. The summed E-state index contributed by atoms with van der Waals surface area (Å²) < 4.78 is 1.85. The summed E-state index contributed by atoms with van der Waals surface area (Å²) in [4.78, 5) is 24.8. The summed E-state index contributed by atoms with van der Waals surface area (Å²) in [5.74, 6) is 1.50. The average Bonchev–Trinajstić information content (AvgIpc) is 3.33. The number of para-hydroxylation sites is 1. The Morgan fingerprint density at radius 1 is 1.03 bits per heavy atom. The first-order valence-electron chi connectivity index (χ1n) is 13.3. The van der Waals surface area contributed by atoms with Crippen LogP contribution in [-0.4, -0.2) is 51.8 Å². The molecule has 9 heteroatoms. The van der Waals surface area contributed by atoms with Crippen LogP contribution in [0, 0.1) is 0 Å². The molecule has 8 nitrogen and oxygen atoms in total. The van der Waals surface area contributed by atoms with Gasteiger partial charge in [-0.2, -0.15) is 10.1 Å². The lowest BCUT2D eigenvalue weighted by Crippen LogP contribution is -2.40. The Labute approximate surface area is 228 Å². The van der Waals surface area contributed by atoms with Crippen molar-refractivity contribution >= 4 is 40.2 Å². The Kier molecular flexibility index (Phi) is 7.79. The van der Waals surface area contributed by atoms with Gasteiger partial charge in [0, 0.05) is 36.6 Å². The first kappa shape index (κ1) is 26.0. The van der Waals surface area contributed by atoms with Crippen LogP contribution in [0.2, 0.25) is 5.02 Å². The third-order valence-corrected chi connectivity index (χ3v) is 7.33. The van der Waals surface area contributed by atoms with E-state index in [1.807, 2.05) is 72.2 Å². The van der Waals surface area contributed by atoms with Crippen molar-refractivity contribution in [3.63, 3.8) is 0 Å². The molecule has 1 fully saturated rings. The Balaban J connectivity index is 1.23. The highest BCUT2D eigenvalue weighted by Crippen LogP contribution is 2.27. The van der Waals surface area contributed by atoms with Gasteiger partial charge in [-0.1, -0.05) is 37.1 Å². The van der Waals surface area contributed by atoms with Gasteiger partial charge in [0.25, 0.3) is 5.91 Å². The predicted molar refractivity (Wildman–Crippen MR) is 154 cm³/mol. The van der Waals surface area contributed by atoms with Crippen molar-refractivity contribution in [2.24, 2.45) is 0 Å². The van der Waals surface area contributed by atoms with Gasteiger partial charge in [0.1, 0.15) is 5.82 Å². The number of carbonyl (C=O) groups is 1. The predicted octanol–water partition coefficient (Wildman–Crippen LogP) is 5.64. The zero-order valence-electron chi connectivity index (χ0n) is 22.1. The van der Waals surface area contributed by atoms with Crippen molar-refractivity contribution < 1.29 is 4.79 Å². The number of hydrogen-bond acceptors (Lipinski definition) is 6. The van der Waals surface area contributed by atoms with Gasteiger partial charge in [-0.15, -0.1) is 0 Å². The van der Waals surface area contributed by atoms with Gasteiger partial charge in [0.15, 0.2) is 0 Å². The fourth-order valence-electron chi connectivity index (χ4n) is 5.14. The van der Waals surface area contributed by atoms with Crippen LogP contribution >= 0.6 is 11.6 Å². The molecular formula is C29H34ClN7O. The van der Waals surface area contributed by atoms with Crippen molar-refractivity contribution in [2.45, 2.75) is 57.5 Å². The maximum Gasteiger partial charge on any atom is 0.254 e. The monoisotopic (exact) mass is 531 g/mol. The number of hydrogen-bond donors (Lipinski definition) is 2. The van der Waals surface area contributed by atoms with E-state index in [1.165, 1.54) is 0 Å². The molecule has 0 saturated heterocycles. The summed E-state index contributed by atoms with van der Waals surface area (Å²) in [6.07, 6.45) is 7.03. The Hall–Kier alpha value is -3.65. The van der Waals surface area contributed by atoms with Crippen LogP contribution in [0.15, 0.2) is 54.7 Å². The molecule has 1 aliphatic carbocycles. The van der Waals surface area contributed by atoms with E-state index in [2.05, 4.69) is 22.7 Å². The van der Waals surface area contributed by atoms with Crippen LogP contribution in [0.3, 0.4) is 0 Å². The smallest absolute Gasteiger partial charge is 0.254 e. The highest BCUT2D eigenvalue weighted by molar-refractivity contribution is 6.30. The Morgan fingerprint density at radius 3 is 2.45 bits per heavy atom. The lowest BCUT2D eigenvalue weighted by Gasteiger charge is -2.30. The Morgan fingerprint density at radius 2 is 1.74 bits per heavy atom. The highest BCUT2D eigenvalue weighted by Gasteiger charge is 2.26. The third kappa shape index (κ3) is 5.60. The number of aromatic nitrogens is 4. The van der Waals surface area contributed by atoms with Crippen molar-refractivity contribution in [1.29, 1.82) is 0 Å². The van der Waals surface area contributed by atoms with Crippen LogP contribution in [0.25, 0.3) is 16.6 Å². The number of rotatable bonds is 8. The fraction of sp³-hybridized carbons (Fsp3) is 0.379. The van der Waals surface area contributed by atoms with E-state index in [9.17, 15) is 4.79 Å². The van der Waals surface area contributed by atoms with E-state index in [0.29, 0.717) is 16.5 Å². The summed E-state index contributed by atoms with van der Waals surface area (Å²) in [6.45, 7) is 2.11. The summed E-state index contributed by atoms with van der Waals surface area (Å²) in [6, 6.07) is 16.0. The molecule has 0 atom stereocenters. The highest BCUT2D eigenvalue weighted by atomic mass is 35.5. The molecule has 1 aliphatic rings. The first-order chi connectivity index (χ1) is 18.4. The molecule has 2 aromatic heterocycles. The second-order valence-electron chi connectivity index (χ2n) is 10.1. The lowest BCUT2D eigenvalue weighted by atomic mass is 9.91. The maximum absolute atomic E-state index is 13.3. The summed E-state index contributed by atoms with van der Waals surface area (Å²) >= 11 is 6.06. The number of nitrogens with zero attached hydrogens (tertiary/aromatic N) is 5. The number of benzene rings is 2. The topological polar surface area (TPSA) is 88.0 Å². The van der Waals surface area contributed by atoms with Gasteiger partial charge in [-0.25, -0.2) is 9.67 Å². The molecule has 2 heterocycles. The first-order valence-corrected chi connectivity index (χ1v) is 13.6. The molecule has 38 heavy (non-hydrogen) atoms. The van der Waals surface area contributed by atoms with Crippen molar-refractivity contribution in [1.82, 2.24) is 25.1 Å². The van der Waals surface area contributed by atoms with Crippen molar-refractivity contribution in [3.05, 3.63) is 71.0 Å². The molecule has 5 rings (SSSR count). The molecule has 1 amide bonds. The third-order valence-electron chi connectivity index (χ3n) is 7.07. The molecule has 4 aromatic rings. The van der Waals surface area contributed by atoms with Crippen LogP contribution in [0.1, 0.15) is 55.1 Å². The minimum absolute atomic E-state index is 0.0569. The summed E-state index contributed by atoms with van der Waals surface area (Å²) in [7, 11) is 4.00. The number of carbonyl (C=O) groups excluding carboxylic acids is 1. The summed E-state index contributed by atoms with van der Waals surface area (Å²) in [5, 5.41) is 13.0. The molecule has 1 saturated carbocycles. The molecule has 198 valence electrons. The van der Waals surface area contributed by atoms with E-state index in [0.717, 1.165) is 66.6 Å². The standard InChI is InChI=1S/C29H34ClN7O/c1-4-7-26-24(18-31-37(26)22-16-10-19(30)11-17-22)28(38)32-20-12-14-21(15-13-20)33-29-34-25-9-6-5-8-23(25)27(35-29)36(2)3/h5-6,8-11,16-18,20-21H,4,7,12-15H2,1-3H3,(H,32,38)(H,33,34,35)/t20-,21+. The van der Waals surface area contributed by atoms with Crippen LogP contribution < -0.4 is 15.5 Å². The molecule has 0 radical (unpaired) electrons. The maximum atomic E-state index is 13.3. The van der Waals surface area contributed by atoms with Gasteiger partial charge in [-0.05, 0) is 68.5 Å². The SMILES string of the molecule is CCCc1c(C(=O)N[C@H]2CC[C@@H](Nc3nc(N(C)C)c4ccccc4n3)CC2)cnn1-c1ccc(Cl)cc1. The Bertz CT molecular complexity index is 1410. The molecule has 0 unspecified atom stereocenters. The van der Waals surface area contributed by atoms with E-state index in [-0.39, 0.29) is 18.0 Å². The largest absolute Gasteiger partial charge is 0.362 e. The normalized spacial score (nSPS) is 17.4. The number of fused-ring (bicyclic) bond motifs is 1. The second kappa shape index (κ2) is 11.4. The van der Waals surface area contributed by atoms with Crippen molar-refractivity contribution in [2.75, 3.05) is 24.3 Å². The zero-order valence-corrected chi connectivity index (χ0v) is 22.9. The zero-order chi connectivity index (χ0) is 26.6. The molecule has 0 bridgehead atoms. The van der Waals surface area contributed by atoms with Crippen LogP contribution in [-0.2, 0) is 6.42 Å². The average molecular weight is 532 g/mol. The van der Waals surface area contributed by atoms with Gasteiger partial charge in [-0.3, -0.25) is 4.79 Å². The number of nitrogens with one attached hydrogen (secondary N) is 2. The molecule has 2 aromatic carbocycles. The molecule has 0 aliphatic heterocycles. The van der Waals surface area contributed by atoms with Crippen LogP contribution in [0.4, 0.5) is 11.8 Å². The second-order valence-corrected chi connectivity index (χ2v) is 10.5. The van der Waals surface area contributed by atoms with E-state index in [4.69, 9.17) is 21.6 Å². The van der Waals surface area contributed by atoms with Gasteiger partial charge < -0.3 is 15.5 Å². The molecule has 2 N–H and O–H groups in total. The van der Waals surface area contributed by atoms with E-state index in [1.54, 1.807) is 6.20 Å². The minimum atomic E-state index is -0.0569. The number of amides is 1. The quantitative estimate of drug-likeness (QED) is 0.306. The lowest BCUT2D eigenvalue weighted by molar-refractivity contribution is 0.0925. The van der Waals surface area contributed by atoms with Gasteiger partial charge in [0.2, 0.25) is 5.95 Å². The van der Waals surface area contributed by atoms with Gasteiger partial charge >= 0.3 is 0 Å². The molecular weight excluding hydrogens is 498 g/mol. The molecule has 0 spiro atoms. The van der Waals surface area contributed by atoms with Gasteiger partial charge in [0.05, 0.1) is 28.7 Å². The number of anilines is 2. The van der Waals surface area contributed by atoms with E-state index >= 15 is 0 Å². The van der Waals surface area contributed by atoms with Crippen molar-refractivity contribution in [3.8, 4) is 5.69 Å².